The number of carbonyl (C=O) groups is 2. The molecule has 3 aromatic rings. The molecule has 10 heteroatoms. The Morgan fingerprint density at radius 3 is 2.15 bits per heavy atom. The number of sulfonamides is 1. The zero-order valence-electron chi connectivity index (χ0n) is 24.5. The second kappa shape index (κ2) is 14.0. The number of nitrogens with zero attached hydrogens (tertiary/aromatic N) is 2. The van der Waals surface area contributed by atoms with Gasteiger partial charge < -0.3 is 19.7 Å². The van der Waals surface area contributed by atoms with E-state index in [-0.39, 0.29) is 34.8 Å². The third-order valence-corrected chi connectivity index (χ3v) is 8.33. The molecule has 1 N–H and O–H groups in total. The van der Waals surface area contributed by atoms with Crippen molar-refractivity contribution in [1.82, 2.24) is 10.2 Å². The van der Waals surface area contributed by atoms with E-state index in [0.717, 1.165) is 15.4 Å². The Bertz CT molecular complexity index is 1430. The second-order valence-corrected chi connectivity index (χ2v) is 11.8. The van der Waals surface area contributed by atoms with Gasteiger partial charge in [-0.1, -0.05) is 55.0 Å². The maximum Gasteiger partial charge on any atom is 0.264 e. The molecule has 1 unspecified atom stereocenters. The topological polar surface area (TPSA) is 105 Å². The standard InChI is InChI=1S/C31H39N3O6S/c1-7-27(31(36)32-22(2)3)33(20-24-11-9-8-10-12-24)30(35)21-34(28-19-25(39-5)15-18-29(28)40-6)41(37,38)26-16-13-23(4)14-17-26/h8-19,22,27H,7,20-21H2,1-6H3,(H,32,36). The minimum absolute atomic E-state index is 0.0139. The second-order valence-electron chi connectivity index (χ2n) is 9.96. The van der Waals surface area contributed by atoms with Crippen LogP contribution >= 0.6 is 0 Å². The molecule has 9 nitrogen and oxygen atoms in total. The van der Waals surface area contributed by atoms with Crippen LogP contribution < -0.4 is 19.1 Å². The van der Waals surface area contributed by atoms with Crippen LogP contribution in [0.3, 0.4) is 0 Å². The van der Waals surface area contributed by atoms with Crippen LogP contribution in [0.25, 0.3) is 0 Å². The Morgan fingerprint density at radius 2 is 1.59 bits per heavy atom. The van der Waals surface area contributed by atoms with E-state index in [2.05, 4.69) is 5.32 Å². The Hall–Kier alpha value is -4.05. The lowest BCUT2D eigenvalue weighted by atomic mass is 10.1. The number of amides is 2. The summed E-state index contributed by atoms with van der Waals surface area (Å²) >= 11 is 0. The first-order chi connectivity index (χ1) is 19.5. The monoisotopic (exact) mass is 581 g/mol. The zero-order valence-corrected chi connectivity index (χ0v) is 25.3. The van der Waals surface area contributed by atoms with Crippen LogP contribution in [-0.4, -0.2) is 58.0 Å². The summed E-state index contributed by atoms with van der Waals surface area (Å²) < 4.78 is 40.2. The molecule has 0 fully saturated rings. The van der Waals surface area contributed by atoms with Crippen LogP contribution in [0.2, 0.25) is 0 Å². The van der Waals surface area contributed by atoms with Gasteiger partial charge in [-0.05, 0) is 57.0 Å². The predicted octanol–water partition coefficient (Wildman–Crippen LogP) is 4.54. The van der Waals surface area contributed by atoms with Crippen molar-refractivity contribution in [3.05, 3.63) is 83.9 Å². The molecule has 0 aliphatic carbocycles. The van der Waals surface area contributed by atoms with Crippen molar-refractivity contribution in [2.45, 2.75) is 57.6 Å². The fourth-order valence-corrected chi connectivity index (χ4v) is 5.84. The van der Waals surface area contributed by atoms with Gasteiger partial charge in [0.15, 0.2) is 0 Å². The number of anilines is 1. The lowest BCUT2D eigenvalue weighted by molar-refractivity contribution is -0.140. The third-order valence-electron chi connectivity index (χ3n) is 6.56. The first kappa shape index (κ1) is 31.5. The van der Waals surface area contributed by atoms with Gasteiger partial charge >= 0.3 is 0 Å². The number of carbonyl (C=O) groups excluding carboxylic acids is 2. The van der Waals surface area contributed by atoms with Crippen molar-refractivity contribution in [1.29, 1.82) is 0 Å². The van der Waals surface area contributed by atoms with E-state index in [1.165, 1.54) is 37.3 Å². The highest BCUT2D eigenvalue weighted by Gasteiger charge is 2.35. The number of methoxy groups -OCH3 is 2. The number of aryl methyl sites for hydroxylation is 1. The summed E-state index contributed by atoms with van der Waals surface area (Å²) in [7, 11) is -1.36. The van der Waals surface area contributed by atoms with E-state index >= 15 is 0 Å². The smallest absolute Gasteiger partial charge is 0.264 e. The average Bonchev–Trinajstić information content (AvgIpc) is 2.95. The number of ether oxygens (including phenoxy) is 2. The lowest BCUT2D eigenvalue weighted by Gasteiger charge is -2.34. The van der Waals surface area contributed by atoms with Crippen molar-refractivity contribution >= 4 is 27.5 Å². The van der Waals surface area contributed by atoms with Crippen molar-refractivity contribution < 1.29 is 27.5 Å². The molecule has 0 bridgehead atoms. The maximum absolute atomic E-state index is 14.2. The number of hydrogen-bond acceptors (Lipinski definition) is 6. The molecule has 0 aliphatic rings. The molecular weight excluding hydrogens is 542 g/mol. The molecule has 2 amide bonds. The normalized spacial score (nSPS) is 12.0. The van der Waals surface area contributed by atoms with E-state index in [1.54, 1.807) is 24.3 Å². The van der Waals surface area contributed by atoms with Gasteiger partial charge in [0.2, 0.25) is 11.8 Å². The minimum Gasteiger partial charge on any atom is -0.497 e. The van der Waals surface area contributed by atoms with Crippen molar-refractivity contribution in [3.8, 4) is 11.5 Å². The van der Waals surface area contributed by atoms with E-state index < -0.39 is 28.5 Å². The summed E-state index contributed by atoms with van der Waals surface area (Å²) in [5, 5.41) is 2.89. The number of benzene rings is 3. The summed E-state index contributed by atoms with van der Waals surface area (Å²) in [6, 6.07) is 19.5. The van der Waals surface area contributed by atoms with Gasteiger partial charge in [-0.25, -0.2) is 8.42 Å². The summed E-state index contributed by atoms with van der Waals surface area (Å²) in [4.78, 5) is 28.9. The molecule has 0 saturated heterocycles. The molecule has 0 radical (unpaired) electrons. The Labute approximate surface area is 243 Å². The van der Waals surface area contributed by atoms with Gasteiger partial charge in [0.25, 0.3) is 10.0 Å². The van der Waals surface area contributed by atoms with Crippen molar-refractivity contribution in [3.63, 3.8) is 0 Å². The largest absolute Gasteiger partial charge is 0.497 e. The SMILES string of the molecule is CCC(C(=O)NC(C)C)N(Cc1ccccc1)C(=O)CN(c1cc(OC)ccc1OC)S(=O)(=O)c1ccc(C)cc1. The van der Waals surface area contributed by atoms with Crippen LogP contribution in [-0.2, 0) is 26.2 Å². The van der Waals surface area contributed by atoms with Gasteiger partial charge in [-0.3, -0.25) is 13.9 Å². The molecule has 1 atom stereocenters. The molecule has 0 saturated carbocycles. The van der Waals surface area contributed by atoms with Crippen LogP contribution in [0.1, 0.15) is 38.3 Å². The molecular formula is C31H39N3O6S. The molecule has 0 aliphatic heterocycles. The lowest BCUT2D eigenvalue weighted by Crippen LogP contribution is -2.53. The fourth-order valence-electron chi connectivity index (χ4n) is 4.42. The maximum atomic E-state index is 14.2. The van der Waals surface area contributed by atoms with Crippen LogP contribution in [0.4, 0.5) is 5.69 Å². The average molecular weight is 582 g/mol. The number of hydrogen-bond donors (Lipinski definition) is 1. The summed E-state index contributed by atoms with van der Waals surface area (Å²) in [6.45, 7) is 6.92. The molecule has 3 aromatic carbocycles. The van der Waals surface area contributed by atoms with E-state index in [0.29, 0.717) is 12.2 Å². The quantitative estimate of drug-likeness (QED) is 0.318. The van der Waals surface area contributed by atoms with Gasteiger partial charge in [-0.15, -0.1) is 0 Å². The predicted molar refractivity (Wildman–Crippen MR) is 160 cm³/mol. The van der Waals surface area contributed by atoms with Gasteiger partial charge in [-0.2, -0.15) is 0 Å². The molecule has 41 heavy (non-hydrogen) atoms. The van der Waals surface area contributed by atoms with Gasteiger partial charge in [0.1, 0.15) is 24.1 Å². The highest BCUT2D eigenvalue weighted by molar-refractivity contribution is 7.92. The van der Waals surface area contributed by atoms with Gasteiger partial charge in [0, 0.05) is 18.7 Å². The van der Waals surface area contributed by atoms with Crippen LogP contribution in [0, 0.1) is 6.92 Å². The fraction of sp³-hybridized carbons (Fsp3) is 0.355. The third kappa shape index (κ3) is 7.79. The number of rotatable bonds is 13. The van der Waals surface area contributed by atoms with E-state index in [9.17, 15) is 18.0 Å². The Balaban J connectivity index is 2.14. The minimum atomic E-state index is -4.25. The molecule has 3 rings (SSSR count). The van der Waals surface area contributed by atoms with Crippen LogP contribution in [0.15, 0.2) is 77.7 Å². The Morgan fingerprint density at radius 1 is 0.927 bits per heavy atom. The van der Waals surface area contributed by atoms with E-state index in [4.69, 9.17) is 9.47 Å². The summed E-state index contributed by atoms with van der Waals surface area (Å²) in [5.41, 5.74) is 1.84. The summed E-state index contributed by atoms with van der Waals surface area (Å²) in [6.07, 6.45) is 0.338. The summed E-state index contributed by atoms with van der Waals surface area (Å²) in [5.74, 6) is -0.214. The van der Waals surface area contributed by atoms with Crippen LogP contribution in [0.5, 0.6) is 11.5 Å². The van der Waals surface area contributed by atoms with Crippen molar-refractivity contribution in [2.24, 2.45) is 0 Å². The van der Waals surface area contributed by atoms with E-state index in [1.807, 2.05) is 58.0 Å². The molecule has 0 spiro atoms. The molecule has 0 heterocycles. The van der Waals surface area contributed by atoms with Crippen molar-refractivity contribution in [2.75, 3.05) is 25.1 Å². The first-order valence-electron chi connectivity index (χ1n) is 13.5. The van der Waals surface area contributed by atoms with Gasteiger partial charge in [0.05, 0.1) is 24.8 Å². The molecule has 0 aromatic heterocycles. The highest BCUT2D eigenvalue weighted by atomic mass is 32.2. The first-order valence-corrected chi connectivity index (χ1v) is 14.9. The molecule has 220 valence electrons. The highest BCUT2D eigenvalue weighted by Crippen LogP contribution is 2.36. The Kier molecular flexibility index (Phi) is 10.8. The number of nitrogens with one attached hydrogen (secondary N) is 1. The zero-order chi connectivity index (χ0) is 30.2.